The quantitative estimate of drug-likeness (QED) is 0.601. The van der Waals surface area contributed by atoms with Crippen LogP contribution in [0.4, 0.5) is 17.1 Å². The van der Waals surface area contributed by atoms with Gasteiger partial charge in [-0.3, -0.25) is 9.59 Å². The lowest BCUT2D eigenvalue weighted by molar-refractivity contribution is -0.142. The van der Waals surface area contributed by atoms with Crippen molar-refractivity contribution < 1.29 is 9.59 Å². The molecule has 0 fully saturated rings. The SMILES string of the molecule is C=CCN(CC=C)C(=O)C(=O)Nc1ccc(Nc2ccccc2)cc1. The second-order valence-electron chi connectivity index (χ2n) is 5.31. The van der Waals surface area contributed by atoms with Gasteiger partial charge in [-0.1, -0.05) is 30.4 Å². The second kappa shape index (κ2) is 9.08. The highest BCUT2D eigenvalue weighted by Crippen LogP contribution is 2.18. The molecular weight excluding hydrogens is 314 g/mol. The maximum atomic E-state index is 12.1. The molecule has 2 N–H and O–H groups in total. The highest BCUT2D eigenvalue weighted by atomic mass is 16.2. The zero-order valence-electron chi connectivity index (χ0n) is 13.9. The predicted octanol–water partition coefficient (Wildman–Crippen LogP) is 3.57. The van der Waals surface area contributed by atoms with Gasteiger partial charge in [0.15, 0.2) is 0 Å². The van der Waals surface area contributed by atoms with Crippen LogP contribution in [0.2, 0.25) is 0 Å². The number of carbonyl (C=O) groups excluding carboxylic acids is 2. The van der Waals surface area contributed by atoms with Crippen molar-refractivity contribution in [1.29, 1.82) is 0 Å². The van der Waals surface area contributed by atoms with Crippen molar-refractivity contribution in [1.82, 2.24) is 4.90 Å². The summed E-state index contributed by atoms with van der Waals surface area (Å²) < 4.78 is 0. The van der Waals surface area contributed by atoms with E-state index in [1.807, 2.05) is 42.5 Å². The molecule has 0 aliphatic heterocycles. The molecule has 0 saturated carbocycles. The van der Waals surface area contributed by atoms with Crippen molar-refractivity contribution in [2.45, 2.75) is 0 Å². The Kier molecular flexibility index (Phi) is 6.54. The van der Waals surface area contributed by atoms with Gasteiger partial charge in [0, 0.05) is 30.2 Å². The summed E-state index contributed by atoms with van der Waals surface area (Å²) in [6.07, 6.45) is 3.14. The van der Waals surface area contributed by atoms with E-state index < -0.39 is 11.8 Å². The van der Waals surface area contributed by atoms with E-state index >= 15 is 0 Å². The van der Waals surface area contributed by atoms with E-state index in [2.05, 4.69) is 23.8 Å². The third-order valence-corrected chi connectivity index (χ3v) is 3.39. The standard InChI is InChI=1S/C20H21N3O2/c1-3-14-23(15-4-2)20(25)19(24)22-18-12-10-17(11-13-18)21-16-8-6-5-7-9-16/h3-13,21H,1-2,14-15H2,(H,22,24). The van der Waals surface area contributed by atoms with E-state index in [1.165, 1.54) is 4.90 Å². The fourth-order valence-corrected chi connectivity index (χ4v) is 2.21. The normalized spacial score (nSPS) is 9.76. The fourth-order valence-electron chi connectivity index (χ4n) is 2.21. The van der Waals surface area contributed by atoms with Crippen LogP contribution in [-0.2, 0) is 9.59 Å². The van der Waals surface area contributed by atoms with Crippen LogP contribution in [0, 0.1) is 0 Å². The molecule has 2 amide bonds. The zero-order chi connectivity index (χ0) is 18.1. The van der Waals surface area contributed by atoms with Crippen molar-refractivity contribution in [3.63, 3.8) is 0 Å². The van der Waals surface area contributed by atoms with Crippen molar-refractivity contribution in [2.24, 2.45) is 0 Å². The lowest BCUT2D eigenvalue weighted by Gasteiger charge is -2.18. The molecule has 5 nitrogen and oxygen atoms in total. The summed E-state index contributed by atoms with van der Waals surface area (Å²) in [6.45, 7) is 7.75. The van der Waals surface area contributed by atoms with Gasteiger partial charge in [-0.05, 0) is 36.4 Å². The Bertz CT molecular complexity index is 729. The monoisotopic (exact) mass is 335 g/mol. The molecule has 0 saturated heterocycles. The van der Waals surface area contributed by atoms with Crippen molar-refractivity contribution in [3.8, 4) is 0 Å². The van der Waals surface area contributed by atoms with Crippen LogP contribution in [0.3, 0.4) is 0 Å². The third-order valence-electron chi connectivity index (χ3n) is 3.39. The lowest BCUT2D eigenvalue weighted by Crippen LogP contribution is -2.39. The Morgan fingerprint density at radius 3 is 1.92 bits per heavy atom. The average molecular weight is 335 g/mol. The van der Waals surface area contributed by atoms with E-state index in [0.717, 1.165) is 11.4 Å². The summed E-state index contributed by atoms with van der Waals surface area (Å²) in [5.41, 5.74) is 2.41. The minimum absolute atomic E-state index is 0.290. The second-order valence-corrected chi connectivity index (χ2v) is 5.31. The van der Waals surface area contributed by atoms with E-state index in [9.17, 15) is 9.59 Å². The Hall–Kier alpha value is -3.34. The Morgan fingerprint density at radius 1 is 0.840 bits per heavy atom. The van der Waals surface area contributed by atoms with Crippen LogP contribution < -0.4 is 10.6 Å². The fraction of sp³-hybridized carbons (Fsp3) is 0.100. The number of amides is 2. The summed E-state index contributed by atoms with van der Waals surface area (Å²) in [7, 11) is 0. The van der Waals surface area contributed by atoms with Crippen molar-refractivity contribution in [3.05, 3.63) is 79.9 Å². The van der Waals surface area contributed by atoms with Gasteiger partial charge >= 0.3 is 11.8 Å². The molecule has 0 aliphatic carbocycles. The van der Waals surface area contributed by atoms with E-state index in [-0.39, 0.29) is 13.1 Å². The lowest BCUT2D eigenvalue weighted by atomic mass is 10.2. The van der Waals surface area contributed by atoms with Crippen LogP contribution in [-0.4, -0.2) is 29.8 Å². The first-order chi connectivity index (χ1) is 12.1. The van der Waals surface area contributed by atoms with Gasteiger partial charge < -0.3 is 15.5 Å². The number of nitrogens with one attached hydrogen (secondary N) is 2. The molecule has 2 rings (SSSR count). The molecule has 0 aliphatic rings. The topological polar surface area (TPSA) is 61.4 Å². The van der Waals surface area contributed by atoms with E-state index in [0.29, 0.717) is 5.69 Å². The average Bonchev–Trinajstić information content (AvgIpc) is 2.63. The van der Waals surface area contributed by atoms with E-state index in [4.69, 9.17) is 0 Å². The molecule has 0 bridgehead atoms. The molecule has 0 aromatic heterocycles. The first-order valence-corrected chi connectivity index (χ1v) is 7.88. The third kappa shape index (κ3) is 5.35. The number of hydrogen-bond acceptors (Lipinski definition) is 3. The van der Waals surface area contributed by atoms with Gasteiger partial charge in [-0.2, -0.15) is 0 Å². The molecule has 0 unspecified atom stereocenters. The molecule has 128 valence electrons. The molecule has 0 spiro atoms. The van der Waals surface area contributed by atoms with Crippen LogP contribution in [0.25, 0.3) is 0 Å². The molecule has 25 heavy (non-hydrogen) atoms. The maximum Gasteiger partial charge on any atom is 0.313 e. The Labute approximate surface area is 147 Å². The summed E-state index contributed by atoms with van der Waals surface area (Å²) in [6, 6.07) is 16.9. The number of rotatable bonds is 7. The predicted molar refractivity (Wildman–Crippen MR) is 102 cm³/mol. The highest BCUT2D eigenvalue weighted by Gasteiger charge is 2.19. The molecular formula is C20H21N3O2. The molecule has 2 aromatic rings. The van der Waals surface area contributed by atoms with Crippen LogP contribution in [0.15, 0.2) is 79.9 Å². The minimum atomic E-state index is -0.688. The Morgan fingerprint density at radius 2 is 1.36 bits per heavy atom. The molecule has 2 aromatic carbocycles. The maximum absolute atomic E-state index is 12.1. The summed E-state index contributed by atoms with van der Waals surface area (Å²) in [5.74, 6) is -1.31. The molecule has 0 atom stereocenters. The van der Waals surface area contributed by atoms with E-state index in [1.54, 1.807) is 24.3 Å². The largest absolute Gasteiger partial charge is 0.356 e. The smallest absolute Gasteiger partial charge is 0.313 e. The van der Waals surface area contributed by atoms with Crippen molar-refractivity contribution >= 4 is 28.9 Å². The Balaban J connectivity index is 1.97. The molecule has 0 radical (unpaired) electrons. The first kappa shape index (κ1) is 18.0. The first-order valence-electron chi connectivity index (χ1n) is 7.88. The van der Waals surface area contributed by atoms with Gasteiger partial charge in [0.05, 0.1) is 0 Å². The summed E-state index contributed by atoms with van der Waals surface area (Å²) in [4.78, 5) is 25.6. The number of nitrogens with zero attached hydrogens (tertiary/aromatic N) is 1. The summed E-state index contributed by atoms with van der Waals surface area (Å²) >= 11 is 0. The van der Waals surface area contributed by atoms with Crippen LogP contribution in [0.1, 0.15) is 0 Å². The van der Waals surface area contributed by atoms with Crippen molar-refractivity contribution in [2.75, 3.05) is 23.7 Å². The number of carbonyl (C=O) groups is 2. The summed E-state index contributed by atoms with van der Waals surface area (Å²) in [5, 5.41) is 5.85. The van der Waals surface area contributed by atoms with Crippen LogP contribution in [0.5, 0.6) is 0 Å². The number of para-hydroxylation sites is 1. The van der Waals surface area contributed by atoms with Gasteiger partial charge in [0.2, 0.25) is 0 Å². The van der Waals surface area contributed by atoms with Gasteiger partial charge in [-0.15, -0.1) is 13.2 Å². The zero-order valence-corrected chi connectivity index (χ0v) is 13.9. The van der Waals surface area contributed by atoms with Gasteiger partial charge in [-0.25, -0.2) is 0 Å². The van der Waals surface area contributed by atoms with Gasteiger partial charge in [0.1, 0.15) is 0 Å². The molecule has 5 heteroatoms. The number of anilines is 3. The van der Waals surface area contributed by atoms with Crippen LogP contribution >= 0.6 is 0 Å². The minimum Gasteiger partial charge on any atom is -0.356 e. The number of benzene rings is 2. The van der Waals surface area contributed by atoms with Gasteiger partial charge in [0.25, 0.3) is 0 Å². The molecule has 0 heterocycles. The highest BCUT2D eigenvalue weighted by molar-refractivity contribution is 6.39. The number of hydrogen-bond donors (Lipinski definition) is 2.